The summed E-state index contributed by atoms with van der Waals surface area (Å²) in [5, 5.41) is 0. The topological polar surface area (TPSA) is 12.4 Å². The lowest BCUT2D eigenvalue weighted by Crippen LogP contribution is -1.88. The van der Waals surface area contributed by atoms with E-state index in [1.807, 2.05) is 24.4 Å². The molecule has 1 unspecified atom stereocenters. The molecule has 1 heteroatoms. The Balaban J connectivity index is 2.66. The van der Waals surface area contributed by atoms with E-state index in [1.54, 1.807) is 0 Å². The number of rotatable bonds is 0. The Hall–Kier alpha value is -0.850. The maximum Gasteiger partial charge on any atom is 0.0654 e. The summed E-state index contributed by atoms with van der Waals surface area (Å²) >= 11 is 0. The van der Waals surface area contributed by atoms with Gasteiger partial charge in [-0.1, -0.05) is 18.2 Å². The molecule has 0 aliphatic carbocycles. The van der Waals surface area contributed by atoms with E-state index in [4.69, 9.17) is 0 Å². The molecule has 0 aromatic heterocycles. The molecular weight excluding hydrogens is 98.1 g/mol. The second-order valence-electron chi connectivity index (χ2n) is 1.81. The van der Waals surface area contributed by atoms with Crippen molar-refractivity contribution in [1.82, 2.24) is 0 Å². The van der Waals surface area contributed by atoms with E-state index >= 15 is 0 Å². The molecule has 1 aliphatic rings. The van der Waals surface area contributed by atoms with E-state index in [1.165, 1.54) is 0 Å². The number of nitrogens with zero attached hydrogens (tertiary/aromatic N) is 1. The smallest absolute Gasteiger partial charge is 0.0654 e. The van der Waals surface area contributed by atoms with E-state index < -0.39 is 0 Å². The van der Waals surface area contributed by atoms with E-state index in [0.717, 1.165) is 0 Å². The van der Waals surface area contributed by atoms with Gasteiger partial charge in [0.1, 0.15) is 0 Å². The summed E-state index contributed by atoms with van der Waals surface area (Å²) in [6, 6.07) is 0.352. The minimum absolute atomic E-state index is 0.352. The van der Waals surface area contributed by atoms with Gasteiger partial charge in [0.05, 0.1) is 6.04 Å². The molecular formula is C7H9N. The molecule has 1 heterocycles. The standard InChI is InChI=1S/C7H9N/c1-7-5-3-2-4-6-8-7/h2-7H,1H3. The zero-order valence-electron chi connectivity index (χ0n) is 4.91. The second kappa shape index (κ2) is 2.46. The predicted molar refractivity (Wildman–Crippen MR) is 36.2 cm³/mol. The van der Waals surface area contributed by atoms with Gasteiger partial charge >= 0.3 is 0 Å². The van der Waals surface area contributed by atoms with Crippen molar-refractivity contribution in [2.24, 2.45) is 4.99 Å². The third-order valence-electron chi connectivity index (χ3n) is 1.02. The number of aliphatic imine (C=N–C) groups is 1. The van der Waals surface area contributed by atoms with Gasteiger partial charge in [0, 0.05) is 6.21 Å². The molecule has 0 spiro atoms. The highest BCUT2D eigenvalue weighted by atomic mass is 14.7. The van der Waals surface area contributed by atoms with Crippen molar-refractivity contribution in [3.8, 4) is 0 Å². The fourth-order valence-electron chi connectivity index (χ4n) is 0.574. The van der Waals surface area contributed by atoms with Crippen LogP contribution < -0.4 is 0 Å². The van der Waals surface area contributed by atoms with Gasteiger partial charge < -0.3 is 0 Å². The van der Waals surface area contributed by atoms with Gasteiger partial charge in [-0.15, -0.1) is 0 Å². The highest BCUT2D eigenvalue weighted by Gasteiger charge is 1.87. The lowest BCUT2D eigenvalue weighted by atomic mass is 10.3. The minimum Gasteiger partial charge on any atom is -0.286 e. The summed E-state index contributed by atoms with van der Waals surface area (Å²) in [6.07, 6.45) is 9.80. The van der Waals surface area contributed by atoms with Crippen molar-refractivity contribution in [2.45, 2.75) is 13.0 Å². The highest BCUT2D eigenvalue weighted by molar-refractivity contribution is 5.72. The molecule has 0 saturated carbocycles. The van der Waals surface area contributed by atoms with E-state index in [0.29, 0.717) is 6.04 Å². The summed E-state index contributed by atoms with van der Waals surface area (Å²) < 4.78 is 0. The van der Waals surface area contributed by atoms with Crippen LogP contribution in [0.25, 0.3) is 0 Å². The van der Waals surface area contributed by atoms with Gasteiger partial charge in [-0.3, -0.25) is 4.99 Å². The summed E-state index contributed by atoms with van der Waals surface area (Å²) in [7, 11) is 0. The number of allylic oxidation sites excluding steroid dienone is 3. The van der Waals surface area contributed by atoms with Crippen molar-refractivity contribution < 1.29 is 0 Å². The molecule has 42 valence electrons. The first-order chi connectivity index (χ1) is 3.89. The molecule has 1 nitrogen and oxygen atoms in total. The molecule has 0 N–H and O–H groups in total. The van der Waals surface area contributed by atoms with Crippen molar-refractivity contribution in [3.05, 3.63) is 24.3 Å². The maximum absolute atomic E-state index is 4.12. The van der Waals surface area contributed by atoms with Crippen LogP contribution in [0, 0.1) is 0 Å². The Morgan fingerprint density at radius 2 is 2.12 bits per heavy atom. The highest BCUT2D eigenvalue weighted by Crippen LogP contribution is 1.93. The van der Waals surface area contributed by atoms with Crippen LogP contribution in [-0.4, -0.2) is 12.3 Å². The third-order valence-corrected chi connectivity index (χ3v) is 1.02. The van der Waals surface area contributed by atoms with Crippen LogP contribution in [0.2, 0.25) is 0 Å². The second-order valence-corrected chi connectivity index (χ2v) is 1.81. The van der Waals surface area contributed by atoms with E-state index in [9.17, 15) is 0 Å². The summed E-state index contributed by atoms with van der Waals surface area (Å²) in [5.74, 6) is 0. The lowest BCUT2D eigenvalue weighted by Gasteiger charge is -1.91. The SMILES string of the molecule is CC1C=CC=CC=N1. The van der Waals surface area contributed by atoms with Crippen molar-refractivity contribution in [1.29, 1.82) is 0 Å². The lowest BCUT2D eigenvalue weighted by molar-refractivity contribution is 0.936. The first-order valence-electron chi connectivity index (χ1n) is 2.76. The van der Waals surface area contributed by atoms with Crippen LogP contribution in [0.3, 0.4) is 0 Å². The zero-order chi connectivity index (χ0) is 5.82. The van der Waals surface area contributed by atoms with Crippen LogP contribution in [0.5, 0.6) is 0 Å². The summed E-state index contributed by atoms with van der Waals surface area (Å²) in [6.45, 7) is 2.06. The molecule has 0 aromatic rings. The Labute approximate surface area is 49.4 Å². The van der Waals surface area contributed by atoms with Crippen molar-refractivity contribution in [2.75, 3.05) is 0 Å². The Morgan fingerprint density at radius 1 is 1.25 bits per heavy atom. The van der Waals surface area contributed by atoms with Gasteiger partial charge in [-0.2, -0.15) is 0 Å². The number of hydrogen-bond acceptors (Lipinski definition) is 1. The summed E-state index contributed by atoms with van der Waals surface area (Å²) in [5.41, 5.74) is 0. The van der Waals surface area contributed by atoms with Gasteiger partial charge in [0.2, 0.25) is 0 Å². The average Bonchev–Trinajstić information content (AvgIpc) is 1.94. The molecule has 0 saturated heterocycles. The van der Waals surface area contributed by atoms with Gasteiger partial charge in [-0.25, -0.2) is 0 Å². The van der Waals surface area contributed by atoms with Gasteiger partial charge in [0.15, 0.2) is 0 Å². The summed E-state index contributed by atoms with van der Waals surface area (Å²) in [4.78, 5) is 4.12. The number of hydrogen-bond donors (Lipinski definition) is 0. The van der Waals surface area contributed by atoms with Gasteiger partial charge in [-0.05, 0) is 13.0 Å². The van der Waals surface area contributed by atoms with Crippen molar-refractivity contribution >= 4 is 6.21 Å². The average molecular weight is 107 g/mol. The van der Waals surface area contributed by atoms with E-state index in [-0.39, 0.29) is 0 Å². The maximum atomic E-state index is 4.12. The molecule has 8 heavy (non-hydrogen) atoms. The normalized spacial score (nSPS) is 25.9. The predicted octanol–water partition coefficient (Wildman–Crippen LogP) is 1.57. The van der Waals surface area contributed by atoms with Crippen LogP contribution >= 0.6 is 0 Å². The third kappa shape index (κ3) is 1.34. The van der Waals surface area contributed by atoms with Gasteiger partial charge in [0.25, 0.3) is 0 Å². The van der Waals surface area contributed by atoms with E-state index in [2.05, 4.69) is 18.0 Å². The Kier molecular flexibility index (Phi) is 1.62. The molecule has 0 bridgehead atoms. The van der Waals surface area contributed by atoms with Crippen LogP contribution in [0.4, 0.5) is 0 Å². The van der Waals surface area contributed by atoms with Crippen LogP contribution in [0.15, 0.2) is 29.3 Å². The Morgan fingerprint density at radius 3 is 3.00 bits per heavy atom. The van der Waals surface area contributed by atoms with Crippen LogP contribution in [0.1, 0.15) is 6.92 Å². The molecule has 0 amide bonds. The minimum atomic E-state index is 0.352. The first kappa shape index (κ1) is 5.29. The first-order valence-corrected chi connectivity index (χ1v) is 2.76. The molecule has 1 rings (SSSR count). The largest absolute Gasteiger partial charge is 0.286 e. The molecule has 0 aromatic carbocycles. The van der Waals surface area contributed by atoms with Crippen LogP contribution in [-0.2, 0) is 0 Å². The zero-order valence-corrected chi connectivity index (χ0v) is 4.91. The molecule has 1 aliphatic heterocycles. The quantitative estimate of drug-likeness (QED) is 0.445. The molecule has 0 fully saturated rings. The molecule has 1 atom stereocenters. The fourth-order valence-corrected chi connectivity index (χ4v) is 0.574. The van der Waals surface area contributed by atoms with Crippen molar-refractivity contribution in [3.63, 3.8) is 0 Å². The molecule has 0 radical (unpaired) electrons. The monoisotopic (exact) mass is 107 g/mol. The Bertz CT molecular complexity index is 126. The fraction of sp³-hybridized carbons (Fsp3) is 0.286.